The molecule has 0 heterocycles. The summed E-state index contributed by atoms with van der Waals surface area (Å²) in [6.45, 7) is 1.40. The number of para-hydroxylation sites is 1. The van der Waals surface area contributed by atoms with Gasteiger partial charge in [0.15, 0.2) is 0 Å². The topological polar surface area (TPSA) is 76.2 Å². The van der Waals surface area contributed by atoms with Gasteiger partial charge in [0.25, 0.3) is 10.0 Å². The van der Waals surface area contributed by atoms with E-state index in [2.05, 4.69) is 0 Å². The van der Waals surface area contributed by atoms with E-state index in [1.165, 1.54) is 25.2 Å². The van der Waals surface area contributed by atoms with Gasteiger partial charge in [-0.1, -0.05) is 24.3 Å². The number of rotatable bonds is 8. The lowest BCUT2D eigenvalue weighted by Crippen LogP contribution is -2.41. The fraction of sp³-hybridized carbons (Fsp3) is 0.208. The molecule has 3 aromatic carbocycles. The standard InChI is InChI=1S/C24H26N2O5S/c1-18-10-15-22(31-4)23(16-18)32(28,29)26(20-11-13-21(30-3)14-12-20)17-24(27)25(2)19-8-6-5-7-9-19/h5-16H,17H2,1-4H3. The van der Waals surface area contributed by atoms with Crippen LogP contribution in [0.4, 0.5) is 11.4 Å². The SMILES string of the molecule is COc1ccc(N(CC(=O)N(C)c2ccccc2)S(=O)(=O)c2cc(C)ccc2OC)cc1. The quantitative estimate of drug-likeness (QED) is 0.516. The maximum absolute atomic E-state index is 13.8. The van der Waals surface area contributed by atoms with Gasteiger partial charge in [0.05, 0.1) is 19.9 Å². The third-order valence-electron chi connectivity index (χ3n) is 5.04. The van der Waals surface area contributed by atoms with Gasteiger partial charge in [-0.3, -0.25) is 9.10 Å². The summed E-state index contributed by atoms with van der Waals surface area (Å²) in [7, 11) is 0.425. The Bertz CT molecular complexity index is 1180. The van der Waals surface area contributed by atoms with Crippen LogP contribution in [-0.2, 0) is 14.8 Å². The minimum Gasteiger partial charge on any atom is -0.497 e. The van der Waals surface area contributed by atoms with Gasteiger partial charge < -0.3 is 14.4 Å². The molecule has 0 aromatic heterocycles. The molecule has 3 rings (SSSR count). The van der Waals surface area contributed by atoms with Gasteiger partial charge in [-0.2, -0.15) is 0 Å². The molecule has 0 saturated heterocycles. The summed E-state index contributed by atoms with van der Waals surface area (Å²) in [6.07, 6.45) is 0. The maximum Gasteiger partial charge on any atom is 0.268 e. The highest BCUT2D eigenvalue weighted by molar-refractivity contribution is 7.93. The molecule has 7 nitrogen and oxygen atoms in total. The van der Waals surface area contributed by atoms with Gasteiger partial charge in [-0.25, -0.2) is 8.42 Å². The second-order valence-electron chi connectivity index (χ2n) is 7.15. The number of amides is 1. The molecule has 1 amide bonds. The molecule has 0 aliphatic carbocycles. The number of likely N-dealkylation sites (N-methyl/N-ethyl adjacent to an activating group) is 1. The summed E-state index contributed by atoms with van der Waals surface area (Å²) in [5.74, 6) is 0.396. The molecule has 0 aliphatic heterocycles. The number of aryl methyl sites for hydroxylation is 1. The van der Waals surface area contributed by atoms with Crippen molar-refractivity contribution < 1.29 is 22.7 Å². The van der Waals surface area contributed by atoms with Crippen LogP contribution in [0.5, 0.6) is 11.5 Å². The summed E-state index contributed by atoms with van der Waals surface area (Å²) in [5.41, 5.74) is 1.76. The number of hydrogen-bond donors (Lipinski definition) is 0. The van der Waals surface area contributed by atoms with Crippen LogP contribution >= 0.6 is 0 Å². The van der Waals surface area contributed by atoms with Crippen LogP contribution in [0.2, 0.25) is 0 Å². The van der Waals surface area contributed by atoms with E-state index in [1.54, 1.807) is 62.5 Å². The van der Waals surface area contributed by atoms with Crippen LogP contribution < -0.4 is 18.7 Å². The van der Waals surface area contributed by atoms with E-state index in [-0.39, 0.29) is 16.6 Å². The van der Waals surface area contributed by atoms with Gasteiger partial charge >= 0.3 is 0 Å². The van der Waals surface area contributed by atoms with Crippen molar-refractivity contribution in [2.75, 3.05) is 37.0 Å². The van der Waals surface area contributed by atoms with E-state index < -0.39 is 16.6 Å². The normalized spacial score (nSPS) is 11.0. The molecule has 3 aromatic rings. The first-order valence-electron chi connectivity index (χ1n) is 9.91. The molecular formula is C24H26N2O5S. The number of hydrogen-bond acceptors (Lipinski definition) is 5. The summed E-state index contributed by atoms with van der Waals surface area (Å²) >= 11 is 0. The van der Waals surface area contributed by atoms with Crippen molar-refractivity contribution >= 4 is 27.3 Å². The Labute approximate surface area is 188 Å². The van der Waals surface area contributed by atoms with E-state index in [0.29, 0.717) is 17.1 Å². The smallest absolute Gasteiger partial charge is 0.268 e. The minimum absolute atomic E-state index is 0.00835. The van der Waals surface area contributed by atoms with Crippen molar-refractivity contribution in [3.05, 3.63) is 78.4 Å². The van der Waals surface area contributed by atoms with E-state index in [4.69, 9.17) is 9.47 Å². The van der Waals surface area contributed by atoms with Crippen molar-refractivity contribution in [2.24, 2.45) is 0 Å². The minimum atomic E-state index is -4.13. The zero-order valence-corrected chi connectivity index (χ0v) is 19.3. The first kappa shape index (κ1) is 23.1. The Morgan fingerprint density at radius 2 is 1.53 bits per heavy atom. The van der Waals surface area contributed by atoms with E-state index in [0.717, 1.165) is 9.87 Å². The number of carbonyl (C=O) groups is 1. The second-order valence-corrected chi connectivity index (χ2v) is 8.98. The van der Waals surface area contributed by atoms with E-state index in [1.807, 2.05) is 18.2 Å². The van der Waals surface area contributed by atoms with Crippen LogP contribution in [0.1, 0.15) is 5.56 Å². The van der Waals surface area contributed by atoms with Crippen molar-refractivity contribution in [1.82, 2.24) is 0 Å². The second kappa shape index (κ2) is 9.74. The lowest BCUT2D eigenvalue weighted by molar-refractivity contribution is -0.116. The summed E-state index contributed by atoms with van der Waals surface area (Å²) < 4.78 is 39.1. The average Bonchev–Trinajstić information content (AvgIpc) is 2.82. The van der Waals surface area contributed by atoms with Crippen LogP contribution in [0.3, 0.4) is 0 Å². The van der Waals surface area contributed by atoms with Crippen molar-refractivity contribution in [3.8, 4) is 11.5 Å². The van der Waals surface area contributed by atoms with Gasteiger partial charge in [0.1, 0.15) is 22.9 Å². The van der Waals surface area contributed by atoms with Crippen molar-refractivity contribution in [2.45, 2.75) is 11.8 Å². The number of sulfonamides is 1. The molecule has 0 aliphatic rings. The predicted molar refractivity (Wildman–Crippen MR) is 125 cm³/mol. The van der Waals surface area contributed by atoms with Crippen molar-refractivity contribution in [3.63, 3.8) is 0 Å². The third kappa shape index (κ3) is 4.86. The Hall–Kier alpha value is -3.52. The lowest BCUT2D eigenvalue weighted by atomic mass is 10.2. The molecule has 0 fully saturated rings. The first-order valence-corrected chi connectivity index (χ1v) is 11.3. The summed E-state index contributed by atoms with van der Waals surface area (Å²) in [4.78, 5) is 14.5. The predicted octanol–water partition coefficient (Wildman–Crippen LogP) is 3.87. The number of ether oxygens (including phenoxy) is 2. The Balaban J connectivity index is 2.06. The Morgan fingerprint density at radius 1 is 0.875 bits per heavy atom. The highest BCUT2D eigenvalue weighted by Crippen LogP contribution is 2.32. The van der Waals surface area contributed by atoms with Crippen molar-refractivity contribution in [1.29, 1.82) is 0 Å². The largest absolute Gasteiger partial charge is 0.497 e. The molecule has 0 saturated carbocycles. The highest BCUT2D eigenvalue weighted by Gasteiger charge is 2.31. The van der Waals surface area contributed by atoms with Gasteiger partial charge in [0, 0.05) is 12.7 Å². The number of nitrogens with zero attached hydrogens (tertiary/aromatic N) is 2. The zero-order valence-electron chi connectivity index (χ0n) is 18.5. The van der Waals surface area contributed by atoms with Gasteiger partial charge in [0.2, 0.25) is 5.91 Å². The molecule has 32 heavy (non-hydrogen) atoms. The molecule has 0 radical (unpaired) electrons. The van der Waals surface area contributed by atoms with E-state index in [9.17, 15) is 13.2 Å². The summed E-state index contributed by atoms with van der Waals surface area (Å²) in [6, 6.07) is 20.5. The number of anilines is 2. The molecule has 0 unspecified atom stereocenters. The third-order valence-corrected chi connectivity index (χ3v) is 6.84. The number of methoxy groups -OCH3 is 2. The number of carbonyl (C=O) groups excluding carboxylic acids is 1. The number of benzene rings is 3. The highest BCUT2D eigenvalue weighted by atomic mass is 32.2. The van der Waals surface area contributed by atoms with Gasteiger partial charge in [-0.15, -0.1) is 0 Å². The lowest BCUT2D eigenvalue weighted by Gasteiger charge is -2.27. The average molecular weight is 455 g/mol. The van der Waals surface area contributed by atoms with Crippen LogP contribution in [0, 0.1) is 6.92 Å². The fourth-order valence-electron chi connectivity index (χ4n) is 3.19. The van der Waals surface area contributed by atoms with Gasteiger partial charge in [-0.05, 0) is 61.0 Å². The maximum atomic E-state index is 13.8. The molecule has 0 N–H and O–H groups in total. The molecule has 0 spiro atoms. The Kier molecular flexibility index (Phi) is 7.05. The molecular weight excluding hydrogens is 428 g/mol. The molecule has 0 bridgehead atoms. The molecule has 0 atom stereocenters. The Morgan fingerprint density at radius 3 is 2.12 bits per heavy atom. The summed E-state index contributed by atoms with van der Waals surface area (Å²) in [5, 5.41) is 0. The molecule has 168 valence electrons. The fourth-order valence-corrected chi connectivity index (χ4v) is 4.85. The van der Waals surface area contributed by atoms with Crippen LogP contribution in [0.25, 0.3) is 0 Å². The van der Waals surface area contributed by atoms with E-state index >= 15 is 0 Å². The van der Waals surface area contributed by atoms with Crippen LogP contribution in [-0.4, -0.2) is 42.1 Å². The molecule has 8 heteroatoms. The zero-order chi connectivity index (χ0) is 23.3. The van der Waals surface area contributed by atoms with Crippen LogP contribution in [0.15, 0.2) is 77.7 Å². The monoisotopic (exact) mass is 454 g/mol. The first-order chi connectivity index (χ1) is 15.3.